The molecule has 2 atom stereocenters. The first kappa shape index (κ1) is 28.6. The lowest BCUT2D eigenvalue weighted by molar-refractivity contribution is -0.276. The van der Waals surface area contributed by atoms with E-state index in [1.54, 1.807) is 31.2 Å². The number of rotatable bonds is 11. The summed E-state index contributed by atoms with van der Waals surface area (Å²) in [7, 11) is 0. The summed E-state index contributed by atoms with van der Waals surface area (Å²) in [4.78, 5) is 0. The van der Waals surface area contributed by atoms with E-state index in [4.69, 9.17) is 0 Å². The van der Waals surface area contributed by atoms with Gasteiger partial charge in [-0.15, -0.1) is 0 Å². The van der Waals surface area contributed by atoms with E-state index in [1.807, 2.05) is 18.2 Å². The molecule has 0 fully saturated rings. The summed E-state index contributed by atoms with van der Waals surface area (Å²) in [5, 5.41) is 28.7. The van der Waals surface area contributed by atoms with Gasteiger partial charge in [0.05, 0.1) is 19.4 Å². The second-order valence-electron chi connectivity index (χ2n) is 8.18. The van der Waals surface area contributed by atoms with Crippen LogP contribution in [0.5, 0.6) is 0 Å². The Morgan fingerprint density at radius 2 is 1.69 bits per heavy atom. The van der Waals surface area contributed by atoms with Gasteiger partial charge in [0.2, 0.25) is 5.60 Å². The largest absolute Gasteiger partial charge is 0.426 e. The van der Waals surface area contributed by atoms with E-state index in [1.165, 1.54) is 0 Å². The molecule has 192 valence electrons. The van der Waals surface area contributed by atoms with Crippen LogP contribution in [-0.4, -0.2) is 40.2 Å². The quantitative estimate of drug-likeness (QED) is 0.266. The Balaban J connectivity index is 2.25. The van der Waals surface area contributed by atoms with Gasteiger partial charge in [0.25, 0.3) is 6.43 Å². The molecule has 2 aromatic rings. The molecule has 0 aliphatic carbocycles. The fraction of sp³-hybridized carbons (Fsp3) is 0.385. The smallest absolute Gasteiger partial charge is 0.392 e. The number of hydrogen-bond acceptors (Lipinski definition) is 3. The number of halogens is 6. The van der Waals surface area contributed by atoms with Crippen molar-refractivity contribution in [1.29, 1.82) is 0 Å². The predicted octanol–water partition coefficient (Wildman–Crippen LogP) is 5.88. The highest BCUT2D eigenvalue weighted by atomic mass is 19.4. The van der Waals surface area contributed by atoms with Crippen LogP contribution in [0.4, 0.5) is 26.3 Å². The van der Waals surface area contributed by atoms with Crippen LogP contribution < -0.4 is 0 Å². The maximum atomic E-state index is 13.1. The van der Waals surface area contributed by atoms with Crippen molar-refractivity contribution in [3.8, 4) is 0 Å². The van der Waals surface area contributed by atoms with E-state index >= 15 is 0 Å². The molecule has 0 bridgehead atoms. The molecule has 9 heteroatoms. The van der Waals surface area contributed by atoms with Crippen LogP contribution >= 0.6 is 0 Å². The summed E-state index contributed by atoms with van der Waals surface area (Å²) in [5.41, 5.74) is -0.483. The van der Waals surface area contributed by atoms with Crippen molar-refractivity contribution in [2.24, 2.45) is 0 Å². The Labute approximate surface area is 200 Å². The second-order valence-corrected chi connectivity index (χ2v) is 8.18. The van der Waals surface area contributed by atoms with Gasteiger partial charge in [0.15, 0.2) is 0 Å². The average molecular weight is 502 g/mol. The summed E-state index contributed by atoms with van der Waals surface area (Å²) < 4.78 is 77.3. The lowest BCUT2D eigenvalue weighted by Gasteiger charge is -2.26. The maximum Gasteiger partial charge on any atom is 0.426 e. The molecule has 2 aromatic carbocycles. The van der Waals surface area contributed by atoms with Crippen molar-refractivity contribution in [2.75, 3.05) is 6.67 Å². The topological polar surface area (TPSA) is 60.7 Å². The van der Waals surface area contributed by atoms with Crippen molar-refractivity contribution in [1.82, 2.24) is 0 Å². The molecule has 0 saturated heterocycles. The zero-order chi connectivity index (χ0) is 26.2. The fourth-order valence-electron chi connectivity index (χ4n) is 3.58. The highest BCUT2D eigenvalue weighted by molar-refractivity contribution is 5.67. The maximum absolute atomic E-state index is 13.1. The summed E-state index contributed by atoms with van der Waals surface area (Å²) in [6.45, 7) is 0.589. The first-order chi connectivity index (χ1) is 16.4. The monoisotopic (exact) mass is 502 g/mol. The molecule has 0 amide bonds. The van der Waals surface area contributed by atoms with Gasteiger partial charge in [-0.05, 0) is 59.2 Å². The number of benzene rings is 2. The Kier molecular flexibility index (Phi) is 10.1. The molecule has 35 heavy (non-hydrogen) atoms. The molecule has 3 nitrogen and oxygen atoms in total. The molecule has 0 radical (unpaired) electrons. The fourth-order valence-corrected chi connectivity index (χ4v) is 3.58. The molecule has 0 aliphatic heterocycles. The van der Waals surface area contributed by atoms with Crippen molar-refractivity contribution in [2.45, 2.75) is 57.1 Å². The number of aliphatic hydroxyl groups excluding tert-OH is 2. The van der Waals surface area contributed by atoms with Crippen LogP contribution in [0.15, 0.2) is 60.7 Å². The minimum absolute atomic E-state index is 0.0322. The zero-order valence-electron chi connectivity index (χ0n) is 19.1. The number of aliphatic hydroxyl groups is 3. The average Bonchev–Trinajstić information content (AvgIpc) is 2.81. The van der Waals surface area contributed by atoms with Gasteiger partial charge in [-0.3, -0.25) is 4.39 Å². The zero-order valence-corrected chi connectivity index (χ0v) is 19.1. The second kappa shape index (κ2) is 12.4. The van der Waals surface area contributed by atoms with Crippen molar-refractivity contribution >= 4 is 5.57 Å². The first-order valence-electron chi connectivity index (χ1n) is 10.9. The van der Waals surface area contributed by atoms with Gasteiger partial charge in [0, 0.05) is 6.42 Å². The Morgan fingerprint density at radius 3 is 2.23 bits per heavy atom. The first-order valence-corrected chi connectivity index (χ1v) is 10.9. The Morgan fingerprint density at radius 1 is 1.03 bits per heavy atom. The molecular formula is C26H28F6O3. The van der Waals surface area contributed by atoms with E-state index in [-0.39, 0.29) is 24.7 Å². The Hall–Kier alpha value is -2.62. The van der Waals surface area contributed by atoms with E-state index in [0.29, 0.717) is 35.6 Å². The normalized spacial score (nSPS) is 15.6. The van der Waals surface area contributed by atoms with Gasteiger partial charge in [-0.2, -0.15) is 13.2 Å². The number of hydrogen-bond donors (Lipinski definition) is 3. The predicted molar refractivity (Wildman–Crippen MR) is 122 cm³/mol. The third-order valence-electron chi connectivity index (χ3n) is 5.63. The van der Waals surface area contributed by atoms with Crippen LogP contribution in [0.3, 0.4) is 0 Å². The molecule has 0 spiro atoms. The lowest BCUT2D eigenvalue weighted by Crippen LogP contribution is -2.49. The van der Waals surface area contributed by atoms with Crippen LogP contribution in [-0.2, 0) is 19.4 Å². The van der Waals surface area contributed by atoms with E-state index in [2.05, 4.69) is 0 Å². The SMILES string of the molecule is CC(O)c1cc(CCc2cccc(C(=CC=CC(O)(C(F)F)C(F)(F)F)CCF)c2)ccc1CO. The molecule has 2 rings (SSSR count). The van der Waals surface area contributed by atoms with Crippen LogP contribution in [0.2, 0.25) is 0 Å². The van der Waals surface area contributed by atoms with E-state index in [9.17, 15) is 41.7 Å². The molecule has 0 aromatic heterocycles. The number of aryl methyl sites for hydroxylation is 2. The van der Waals surface area contributed by atoms with Gasteiger partial charge in [-0.25, -0.2) is 8.78 Å². The van der Waals surface area contributed by atoms with E-state index < -0.39 is 31.0 Å². The molecule has 2 unspecified atom stereocenters. The summed E-state index contributed by atoms with van der Waals surface area (Å²) in [5.74, 6) is 0. The molecular weight excluding hydrogens is 474 g/mol. The van der Waals surface area contributed by atoms with Gasteiger partial charge in [-0.1, -0.05) is 54.6 Å². The summed E-state index contributed by atoms with van der Waals surface area (Å²) in [6.07, 6.45) is -7.70. The molecule has 0 aliphatic rings. The molecule has 3 N–H and O–H groups in total. The molecule has 0 heterocycles. The third-order valence-corrected chi connectivity index (χ3v) is 5.63. The van der Waals surface area contributed by atoms with E-state index in [0.717, 1.165) is 17.2 Å². The lowest BCUT2D eigenvalue weighted by atomic mass is 9.95. The highest BCUT2D eigenvalue weighted by Gasteiger charge is 2.58. The van der Waals surface area contributed by atoms with Crippen LogP contribution in [0, 0.1) is 0 Å². The van der Waals surface area contributed by atoms with Gasteiger partial charge >= 0.3 is 6.18 Å². The highest BCUT2D eigenvalue weighted by Crippen LogP contribution is 2.36. The minimum atomic E-state index is -5.57. The Bertz CT molecular complexity index is 1030. The van der Waals surface area contributed by atoms with Gasteiger partial charge in [0.1, 0.15) is 0 Å². The van der Waals surface area contributed by atoms with Crippen molar-refractivity contribution in [3.63, 3.8) is 0 Å². The number of allylic oxidation sites excluding steroid dienone is 3. The standard InChI is InChI=1S/C26H28F6O3/c1-17(34)23-15-19(9-10-22(23)16-33)8-7-18-4-2-5-21(14-18)20(11-13-27)6-3-12-25(35,24(28)29)26(30,31)32/h2-6,9-10,12,14-15,17,24,33-35H,7-8,11,13,16H2,1H3. The van der Waals surface area contributed by atoms with Crippen LogP contribution in [0.1, 0.15) is 47.3 Å². The number of alkyl halides is 6. The summed E-state index contributed by atoms with van der Waals surface area (Å²) in [6, 6.07) is 12.3. The minimum Gasteiger partial charge on any atom is -0.392 e. The summed E-state index contributed by atoms with van der Waals surface area (Å²) >= 11 is 0. The molecule has 0 saturated carbocycles. The van der Waals surface area contributed by atoms with Crippen LogP contribution in [0.25, 0.3) is 5.57 Å². The van der Waals surface area contributed by atoms with Crippen molar-refractivity contribution < 1.29 is 41.7 Å². The van der Waals surface area contributed by atoms with Gasteiger partial charge < -0.3 is 15.3 Å². The third kappa shape index (κ3) is 7.43. The van der Waals surface area contributed by atoms with Crippen molar-refractivity contribution in [3.05, 3.63) is 88.5 Å².